The van der Waals surface area contributed by atoms with Gasteiger partial charge in [-0.2, -0.15) is 0 Å². The zero-order valence-electron chi connectivity index (χ0n) is 14.2. The molecule has 3 unspecified atom stereocenters. The lowest BCUT2D eigenvalue weighted by atomic mass is 9.91. The van der Waals surface area contributed by atoms with E-state index < -0.39 is 17.8 Å². The molecule has 1 N–H and O–H groups in total. The Labute approximate surface area is 133 Å². The third kappa shape index (κ3) is 9.42. The second-order valence-electron chi connectivity index (χ2n) is 6.38. The number of carboxylic acid groups (broad SMARTS) is 1. The Hall–Kier alpha value is -1.52. The Balaban J connectivity index is 4.40. The third-order valence-electron chi connectivity index (χ3n) is 3.88. The molecule has 0 aromatic carbocycles. The molecule has 0 radical (unpaired) electrons. The molecule has 1 amide bonds. The van der Waals surface area contributed by atoms with Gasteiger partial charge in [0, 0.05) is 11.6 Å². The fraction of sp³-hybridized carbons (Fsp3) is 0.765. The first kappa shape index (κ1) is 20.5. The average molecular weight is 311 g/mol. The Morgan fingerprint density at radius 3 is 2.36 bits per heavy atom. The average Bonchev–Trinajstić information content (AvgIpc) is 2.42. The molecule has 0 aromatic heterocycles. The van der Waals surface area contributed by atoms with Gasteiger partial charge in [-0.25, -0.2) is 0 Å². The maximum Gasteiger partial charge on any atom is 0.307 e. The van der Waals surface area contributed by atoms with Gasteiger partial charge < -0.3 is 5.11 Å². The fourth-order valence-corrected chi connectivity index (χ4v) is 2.85. The predicted octanol–water partition coefficient (Wildman–Crippen LogP) is 4.56. The van der Waals surface area contributed by atoms with E-state index in [1.807, 2.05) is 6.92 Å². The summed E-state index contributed by atoms with van der Waals surface area (Å²) in [7, 11) is 0. The first-order chi connectivity index (χ1) is 10.3. The van der Waals surface area contributed by atoms with Gasteiger partial charge >= 0.3 is 5.97 Å². The van der Waals surface area contributed by atoms with E-state index in [0.29, 0.717) is 24.7 Å². The number of amides is 1. The van der Waals surface area contributed by atoms with Gasteiger partial charge in [0.15, 0.2) is 0 Å². The second kappa shape index (κ2) is 11.1. The van der Waals surface area contributed by atoms with Gasteiger partial charge in [-0.05, 0) is 38.0 Å². The summed E-state index contributed by atoms with van der Waals surface area (Å²) >= 11 is 0. The van der Waals surface area contributed by atoms with Crippen molar-refractivity contribution in [2.24, 2.45) is 22.9 Å². The number of hydrogen-bond donors (Lipinski definition) is 1. The fourth-order valence-electron chi connectivity index (χ4n) is 2.85. The quantitative estimate of drug-likeness (QED) is 0.448. The zero-order chi connectivity index (χ0) is 17.1. The molecule has 0 rings (SSSR count). The van der Waals surface area contributed by atoms with Gasteiger partial charge in [0.2, 0.25) is 0 Å². The minimum Gasteiger partial charge on any atom is -0.481 e. The number of allylic oxidation sites excluding steroid dienone is 2. The number of nitroso groups, excluding NO2 is 1. The molecule has 0 aliphatic heterocycles. The summed E-state index contributed by atoms with van der Waals surface area (Å²) in [5.41, 5.74) is 1.13. The van der Waals surface area contributed by atoms with Crippen molar-refractivity contribution in [1.29, 1.82) is 0 Å². The molecule has 0 heterocycles. The molecular formula is C17H29NO4. The molecule has 0 saturated carbocycles. The van der Waals surface area contributed by atoms with E-state index in [-0.39, 0.29) is 6.42 Å². The molecule has 0 aliphatic rings. The van der Waals surface area contributed by atoms with E-state index in [9.17, 15) is 14.5 Å². The van der Waals surface area contributed by atoms with Crippen LogP contribution in [-0.4, -0.2) is 17.0 Å². The highest BCUT2D eigenvalue weighted by Gasteiger charge is 2.21. The number of carbonyl (C=O) groups excluding carboxylic acids is 1. The molecule has 5 nitrogen and oxygen atoms in total. The second-order valence-corrected chi connectivity index (χ2v) is 6.38. The molecule has 3 atom stereocenters. The molecule has 0 aromatic rings. The standard InChI is InChI=1S/C17H29NO4/c1-5-6-12(2)9-14(4)10-13(3)7-8-15(17(20)21)11-16(19)18-22/h10,12,14-15H,5-9,11H2,1-4H3,(H,20,21)/b13-10+. The van der Waals surface area contributed by atoms with Crippen molar-refractivity contribution in [2.75, 3.05) is 0 Å². The number of nitrogens with zero attached hydrogens (tertiary/aromatic N) is 1. The summed E-state index contributed by atoms with van der Waals surface area (Å²) in [5.74, 6) is -1.62. The lowest BCUT2D eigenvalue weighted by Crippen LogP contribution is -2.17. The van der Waals surface area contributed by atoms with Crippen LogP contribution in [0.25, 0.3) is 0 Å². The Morgan fingerprint density at radius 2 is 1.86 bits per heavy atom. The van der Waals surface area contributed by atoms with E-state index in [1.54, 1.807) is 0 Å². The van der Waals surface area contributed by atoms with E-state index >= 15 is 0 Å². The summed E-state index contributed by atoms with van der Waals surface area (Å²) in [6.45, 7) is 8.59. The van der Waals surface area contributed by atoms with Gasteiger partial charge in [-0.15, -0.1) is 4.91 Å². The van der Waals surface area contributed by atoms with Gasteiger partial charge in [0.05, 0.1) is 5.92 Å². The normalized spacial score (nSPS) is 15.9. The lowest BCUT2D eigenvalue weighted by Gasteiger charge is -2.15. The van der Waals surface area contributed by atoms with Crippen LogP contribution >= 0.6 is 0 Å². The highest BCUT2D eigenvalue weighted by molar-refractivity contribution is 5.82. The van der Waals surface area contributed by atoms with Crippen molar-refractivity contribution in [3.05, 3.63) is 16.6 Å². The van der Waals surface area contributed by atoms with Crippen LogP contribution < -0.4 is 0 Å². The summed E-state index contributed by atoms with van der Waals surface area (Å²) in [6.07, 6.45) is 6.39. The topological polar surface area (TPSA) is 83.8 Å². The zero-order valence-corrected chi connectivity index (χ0v) is 14.2. The third-order valence-corrected chi connectivity index (χ3v) is 3.88. The van der Waals surface area contributed by atoms with Gasteiger partial charge in [0.1, 0.15) is 0 Å². The molecular weight excluding hydrogens is 282 g/mol. The summed E-state index contributed by atoms with van der Waals surface area (Å²) in [5, 5.41) is 11.3. The van der Waals surface area contributed by atoms with Crippen LogP contribution in [0.1, 0.15) is 66.2 Å². The Kier molecular flexibility index (Phi) is 10.3. The first-order valence-electron chi connectivity index (χ1n) is 8.06. The number of carboxylic acids is 1. The summed E-state index contributed by atoms with van der Waals surface area (Å²) < 4.78 is 0. The Morgan fingerprint density at radius 1 is 1.23 bits per heavy atom. The maximum absolute atomic E-state index is 11.1. The van der Waals surface area contributed by atoms with Crippen molar-refractivity contribution < 1.29 is 14.7 Å². The first-order valence-corrected chi connectivity index (χ1v) is 8.06. The molecule has 0 fully saturated rings. The van der Waals surface area contributed by atoms with Crippen molar-refractivity contribution >= 4 is 11.9 Å². The maximum atomic E-state index is 11.1. The summed E-state index contributed by atoms with van der Waals surface area (Å²) in [4.78, 5) is 32.2. The minimum absolute atomic E-state index is 0.310. The van der Waals surface area contributed by atoms with Crippen molar-refractivity contribution in [1.82, 2.24) is 0 Å². The number of hydrogen-bond acceptors (Lipinski definition) is 3. The number of carbonyl (C=O) groups is 2. The lowest BCUT2D eigenvalue weighted by molar-refractivity contribution is -0.143. The van der Waals surface area contributed by atoms with Crippen molar-refractivity contribution in [3.8, 4) is 0 Å². The van der Waals surface area contributed by atoms with Crippen molar-refractivity contribution in [2.45, 2.75) is 66.2 Å². The van der Waals surface area contributed by atoms with Crippen LogP contribution in [0.15, 0.2) is 16.8 Å². The SMILES string of the molecule is CCCC(C)CC(C)/C=C(\C)CCC(CC(=O)N=O)C(=O)O. The van der Waals surface area contributed by atoms with Crippen molar-refractivity contribution in [3.63, 3.8) is 0 Å². The van der Waals surface area contributed by atoms with Gasteiger partial charge in [-0.3, -0.25) is 9.59 Å². The van der Waals surface area contributed by atoms with Crippen LogP contribution in [0, 0.1) is 22.7 Å². The highest BCUT2D eigenvalue weighted by atomic mass is 16.4. The van der Waals surface area contributed by atoms with Crippen LogP contribution in [-0.2, 0) is 9.59 Å². The monoisotopic (exact) mass is 311 g/mol. The van der Waals surface area contributed by atoms with Gasteiger partial charge in [-0.1, -0.05) is 45.3 Å². The molecule has 0 bridgehead atoms. The largest absolute Gasteiger partial charge is 0.481 e. The van der Waals surface area contributed by atoms with E-state index in [4.69, 9.17) is 5.11 Å². The van der Waals surface area contributed by atoms with Crippen LogP contribution in [0.5, 0.6) is 0 Å². The van der Waals surface area contributed by atoms with E-state index in [2.05, 4.69) is 32.0 Å². The molecule has 0 spiro atoms. The van der Waals surface area contributed by atoms with Crippen LogP contribution in [0.3, 0.4) is 0 Å². The molecule has 5 heteroatoms. The summed E-state index contributed by atoms with van der Waals surface area (Å²) in [6, 6.07) is 0. The number of aliphatic carboxylic acids is 1. The molecule has 22 heavy (non-hydrogen) atoms. The smallest absolute Gasteiger partial charge is 0.307 e. The minimum atomic E-state index is -1.05. The molecule has 0 aliphatic carbocycles. The van der Waals surface area contributed by atoms with E-state index in [1.165, 1.54) is 12.8 Å². The van der Waals surface area contributed by atoms with E-state index in [0.717, 1.165) is 12.0 Å². The highest BCUT2D eigenvalue weighted by Crippen LogP contribution is 2.22. The van der Waals surface area contributed by atoms with Gasteiger partial charge in [0.25, 0.3) is 5.91 Å². The predicted molar refractivity (Wildman–Crippen MR) is 87.4 cm³/mol. The van der Waals surface area contributed by atoms with Crippen LogP contribution in [0.2, 0.25) is 0 Å². The Bertz CT molecular complexity index is 403. The molecule has 0 saturated heterocycles. The number of rotatable bonds is 11. The van der Waals surface area contributed by atoms with Crippen LogP contribution in [0.4, 0.5) is 0 Å². The molecule has 126 valence electrons.